The second-order valence-corrected chi connectivity index (χ2v) is 4.33. The van der Waals surface area contributed by atoms with Crippen LogP contribution in [-0.4, -0.2) is 9.78 Å². The molecule has 0 unspecified atom stereocenters. The summed E-state index contributed by atoms with van der Waals surface area (Å²) in [6.07, 6.45) is 4.18. The number of aromatic nitrogens is 2. The van der Waals surface area contributed by atoms with Crippen LogP contribution >= 0.6 is 0 Å². The van der Waals surface area contributed by atoms with Gasteiger partial charge in [-0.1, -0.05) is 27.7 Å². The molecule has 0 aliphatic heterocycles. The Morgan fingerprint density at radius 2 is 1.93 bits per heavy atom. The molecule has 2 N–H and O–H groups in total. The Morgan fingerprint density at radius 3 is 2.33 bits per heavy atom. The van der Waals surface area contributed by atoms with E-state index in [1.165, 1.54) is 11.3 Å². The van der Waals surface area contributed by atoms with E-state index in [2.05, 4.69) is 37.5 Å². The van der Waals surface area contributed by atoms with E-state index < -0.39 is 0 Å². The maximum Gasteiger partial charge on any atom is 0.0537 e. The predicted octanol–water partition coefficient (Wildman–Crippen LogP) is 2.83. The number of nitrogens with two attached hydrogens (primary N) is 1. The molecule has 0 aliphatic rings. The molecule has 0 atom stereocenters. The number of rotatable bonds is 5. The van der Waals surface area contributed by atoms with Crippen molar-refractivity contribution in [2.75, 3.05) is 0 Å². The molecule has 0 fully saturated rings. The zero-order valence-corrected chi connectivity index (χ0v) is 10.3. The van der Waals surface area contributed by atoms with Crippen molar-refractivity contribution in [2.24, 2.45) is 5.73 Å². The molecule has 0 radical (unpaired) electrons. The number of nitrogens with zero attached hydrogens (tertiary/aromatic N) is 2. The van der Waals surface area contributed by atoms with Crippen molar-refractivity contribution in [3.05, 3.63) is 17.5 Å². The lowest BCUT2D eigenvalue weighted by molar-refractivity contribution is 0.408. The fourth-order valence-electron chi connectivity index (χ4n) is 2.13. The number of hydrogen-bond donors (Lipinski definition) is 1. The summed E-state index contributed by atoms with van der Waals surface area (Å²) in [5, 5.41) is 4.49. The molecule has 0 aliphatic carbocycles. The van der Waals surface area contributed by atoms with E-state index in [0.29, 0.717) is 18.5 Å². The van der Waals surface area contributed by atoms with E-state index in [4.69, 9.17) is 5.73 Å². The first kappa shape index (κ1) is 12.2. The van der Waals surface area contributed by atoms with Crippen LogP contribution < -0.4 is 5.73 Å². The fraction of sp³-hybridized carbons (Fsp3) is 0.750. The van der Waals surface area contributed by atoms with Crippen LogP contribution in [0.4, 0.5) is 0 Å². The molecule has 0 saturated carbocycles. The Labute approximate surface area is 92.7 Å². The van der Waals surface area contributed by atoms with Gasteiger partial charge in [-0.25, -0.2) is 0 Å². The summed E-state index contributed by atoms with van der Waals surface area (Å²) in [5.74, 6) is 0.492. The molecule has 1 aromatic heterocycles. The van der Waals surface area contributed by atoms with Gasteiger partial charge in [-0.05, 0) is 18.8 Å². The lowest BCUT2D eigenvalue weighted by Crippen LogP contribution is -2.14. The molecule has 86 valence electrons. The van der Waals surface area contributed by atoms with Crippen molar-refractivity contribution in [1.82, 2.24) is 9.78 Å². The van der Waals surface area contributed by atoms with E-state index in [1.54, 1.807) is 0 Å². The van der Waals surface area contributed by atoms with Gasteiger partial charge in [-0.3, -0.25) is 4.68 Å². The maximum absolute atomic E-state index is 5.73. The van der Waals surface area contributed by atoms with Crippen LogP contribution in [0.1, 0.15) is 63.8 Å². The van der Waals surface area contributed by atoms with Crippen LogP contribution in [0.2, 0.25) is 0 Å². The minimum Gasteiger partial charge on any atom is -0.326 e. The van der Waals surface area contributed by atoms with E-state index >= 15 is 0 Å². The van der Waals surface area contributed by atoms with Gasteiger partial charge in [-0.2, -0.15) is 5.10 Å². The highest BCUT2D eigenvalue weighted by molar-refractivity contribution is 5.21. The molecule has 3 heteroatoms. The summed E-state index contributed by atoms with van der Waals surface area (Å²) >= 11 is 0. The summed E-state index contributed by atoms with van der Waals surface area (Å²) < 4.78 is 2.17. The van der Waals surface area contributed by atoms with Gasteiger partial charge in [0.1, 0.15) is 0 Å². The summed E-state index contributed by atoms with van der Waals surface area (Å²) in [4.78, 5) is 0. The third kappa shape index (κ3) is 2.40. The average Bonchev–Trinajstić information content (AvgIpc) is 2.63. The molecule has 3 nitrogen and oxygen atoms in total. The summed E-state index contributed by atoms with van der Waals surface area (Å²) in [6, 6.07) is 0.516. The minimum atomic E-state index is 0.492. The zero-order chi connectivity index (χ0) is 11.4. The molecule has 0 spiro atoms. The molecule has 0 aromatic carbocycles. The van der Waals surface area contributed by atoms with E-state index in [9.17, 15) is 0 Å². The fourth-order valence-corrected chi connectivity index (χ4v) is 2.13. The summed E-state index contributed by atoms with van der Waals surface area (Å²) in [5.41, 5.74) is 8.23. The topological polar surface area (TPSA) is 43.8 Å². The highest BCUT2D eigenvalue weighted by Gasteiger charge is 2.17. The van der Waals surface area contributed by atoms with Gasteiger partial charge in [0.2, 0.25) is 0 Å². The predicted molar refractivity (Wildman–Crippen MR) is 63.8 cm³/mol. The summed E-state index contributed by atoms with van der Waals surface area (Å²) in [7, 11) is 0. The second-order valence-electron chi connectivity index (χ2n) is 4.33. The molecule has 1 aromatic rings. The van der Waals surface area contributed by atoms with Crippen molar-refractivity contribution in [1.29, 1.82) is 0 Å². The van der Waals surface area contributed by atoms with Gasteiger partial charge in [0.15, 0.2) is 0 Å². The maximum atomic E-state index is 5.73. The highest BCUT2D eigenvalue weighted by Crippen LogP contribution is 2.25. The van der Waals surface area contributed by atoms with Crippen LogP contribution in [0.25, 0.3) is 0 Å². The van der Waals surface area contributed by atoms with E-state index in [1.807, 2.05) is 6.20 Å². The molecule has 0 saturated heterocycles. The molecular formula is C12H23N3. The lowest BCUT2D eigenvalue weighted by Gasteiger charge is -2.19. The molecular weight excluding hydrogens is 186 g/mol. The van der Waals surface area contributed by atoms with Crippen molar-refractivity contribution >= 4 is 0 Å². The normalized spacial score (nSPS) is 11.7. The molecule has 0 bridgehead atoms. The largest absolute Gasteiger partial charge is 0.326 e. The SMILES string of the molecule is CCC(CC)n1ncc(CN)c1C(C)C. The van der Waals surface area contributed by atoms with Gasteiger partial charge < -0.3 is 5.73 Å². The van der Waals surface area contributed by atoms with E-state index in [-0.39, 0.29) is 0 Å². The van der Waals surface area contributed by atoms with Gasteiger partial charge in [-0.15, -0.1) is 0 Å². The quantitative estimate of drug-likeness (QED) is 0.810. The van der Waals surface area contributed by atoms with Crippen LogP contribution in [0, 0.1) is 0 Å². The van der Waals surface area contributed by atoms with Crippen LogP contribution in [0.3, 0.4) is 0 Å². The summed E-state index contributed by atoms with van der Waals surface area (Å²) in [6.45, 7) is 9.42. The Hall–Kier alpha value is -0.830. The monoisotopic (exact) mass is 209 g/mol. The Kier molecular flexibility index (Phi) is 4.33. The minimum absolute atomic E-state index is 0.492. The van der Waals surface area contributed by atoms with Crippen LogP contribution in [-0.2, 0) is 6.54 Å². The number of hydrogen-bond acceptors (Lipinski definition) is 2. The molecule has 0 amide bonds. The first-order valence-electron chi connectivity index (χ1n) is 5.91. The van der Waals surface area contributed by atoms with E-state index in [0.717, 1.165) is 12.8 Å². The van der Waals surface area contributed by atoms with Gasteiger partial charge in [0, 0.05) is 17.8 Å². The van der Waals surface area contributed by atoms with Crippen LogP contribution in [0.5, 0.6) is 0 Å². The Bertz CT molecular complexity index is 298. The lowest BCUT2D eigenvalue weighted by atomic mass is 10.0. The van der Waals surface area contributed by atoms with Crippen molar-refractivity contribution in [3.63, 3.8) is 0 Å². The second kappa shape index (κ2) is 5.31. The van der Waals surface area contributed by atoms with Gasteiger partial charge >= 0.3 is 0 Å². The first-order chi connectivity index (χ1) is 7.15. The highest BCUT2D eigenvalue weighted by atomic mass is 15.3. The molecule has 1 heterocycles. The standard InChI is InChI=1S/C12H23N3/c1-5-11(6-2)15-12(9(3)4)10(7-13)8-14-15/h8-9,11H,5-7,13H2,1-4H3. The van der Waals surface area contributed by atoms with Crippen molar-refractivity contribution in [3.8, 4) is 0 Å². The van der Waals surface area contributed by atoms with Crippen molar-refractivity contribution < 1.29 is 0 Å². The molecule has 15 heavy (non-hydrogen) atoms. The third-order valence-corrected chi connectivity index (χ3v) is 2.97. The average molecular weight is 209 g/mol. The zero-order valence-electron chi connectivity index (χ0n) is 10.3. The molecule has 1 rings (SSSR count). The first-order valence-corrected chi connectivity index (χ1v) is 5.91. The van der Waals surface area contributed by atoms with Gasteiger partial charge in [0.25, 0.3) is 0 Å². The van der Waals surface area contributed by atoms with Crippen LogP contribution in [0.15, 0.2) is 6.20 Å². The third-order valence-electron chi connectivity index (χ3n) is 2.97. The van der Waals surface area contributed by atoms with Gasteiger partial charge in [0.05, 0.1) is 12.2 Å². The Balaban J connectivity index is 3.11. The smallest absolute Gasteiger partial charge is 0.0537 e. The Morgan fingerprint density at radius 1 is 1.33 bits per heavy atom. The van der Waals surface area contributed by atoms with Crippen molar-refractivity contribution in [2.45, 2.75) is 59.0 Å².